The SMILES string of the molecule is O=C(Nc1ccc(F)c(F)c1)c1nnn(-c2ccc(F)cc2)c1CSc1ncccn1. The Morgan fingerprint density at radius 2 is 1.74 bits per heavy atom. The van der Waals surface area contributed by atoms with Gasteiger partial charge in [-0.2, -0.15) is 0 Å². The van der Waals surface area contributed by atoms with Crippen molar-refractivity contribution < 1.29 is 18.0 Å². The molecule has 31 heavy (non-hydrogen) atoms. The fourth-order valence-corrected chi connectivity index (χ4v) is 3.45. The number of benzene rings is 2. The molecule has 2 heterocycles. The van der Waals surface area contributed by atoms with E-state index in [4.69, 9.17) is 0 Å². The van der Waals surface area contributed by atoms with Crippen LogP contribution in [0.2, 0.25) is 0 Å². The maximum absolute atomic E-state index is 13.5. The Labute approximate surface area is 178 Å². The van der Waals surface area contributed by atoms with Crippen molar-refractivity contribution in [1.29, 1.82) is 0 Å². The Kier molecular flexibility index (Phi) is 5.94. The second kappa shape index (κ2) is 8.96. The molecule has 1 N–H and O–H groups in total. The number of nitrogens with zero attached hydrogens (tertiary/aromatic N) is 5. The molecule has 0 aliphatic heterocycles. The third-order valence-corrected chi connectivity index (χ3v) is 4.99. The number of nitrogens with one attached hydrogen (secondary N) is 1. The topological polar surface area (TPSA) is 85.6 Å². The second-order valence-corrected chi connectivity index (χ2v) is 7.12. The van der Waals surface area contributed by atoms with E-state index in [9.17, 15) is 18.0 Å². The average molecular weight is 442 g/mol. The minimum atomic E-state index is -1.09. The van der Waals surface area contributed by atoms with Crippen molar-refractivity contribution in [3.8, 4) is 5.69 Å². The number of anilines is 1. The van der Waals surface area contributed by atoms with E-state index in [-0.39, 0.29) is 17.1 Å². The highest BCUT2D eigenvalue weighted by Gasteiger charge is 2.22. The van der Waals surface area contributed by atoms with Gasteiger partial charge >= 0.3 is 0 Å². The van der Waals surface area contributed by atoms with Crippen LogP contribution in [0.25, 0.3) is 5.69 Å². The van der Waals surface area contributed by atoms with Gasteiger partial charge in [0.2, 0.25) is 0 Å². The van der Waals surface area contributed by atoms with E-state index < -0.39 is 23.4 Å². The number of amides is 1. The van der Waals surface area contributed by atoms with E-state index in [1.807, 2.05) is 0 Å². The van der Waals surface area contributed by atoms with Gasteiger partial charge in [0.05, 0.1) is 11.4 Å². The molecule has 0 aliphatic carbocycles. The van der Waals surface area contributed by atoms with Crippen LogP contribution in [-0.4, -0.2) is 30.9 Å². The minimum Gasteiger partial charge on any atom is -0.320 e. The van der Waals surface area contributed by atoms with Crippen LogP contribution in [-0.2, 0) is 5.75 Å². The van der Waals surface area contributed by atoms with E-state index in [2.05, 4.69) is 25.6 Å². The zero-order valence-corrected chi connectivity index (χ0v) is 16.5. The summed E-state index contributed by atoms with van der Waals surface area (Å²) in [5.41, 5.74) is 0.914. The van der Waals surface area contributed by atoms with Crippen LogP contribution in [0.3, 0.4) is 0 Å². The summed E-state index contributed by atoms with van der Waals surface area (Å²) in [4.78, 5) is 21.1. The number of carbonyl (C=O) groups excluding carboxylic acids is 1. The van der Waals surface area contributed by atoms with E-state index in [0.717, 1.165) is 12.1 Å². The lowest BCUT2D eigenvalue weighted by molar-refractivity contribution is 0.102. The quantitative estimate of drug-likeness (QED) is 0.359. The van der Waals surface area contributed by atoms with Crippen molar-refractivity contribution in [2.75, 3.05) is 5.32 Å². The maximum atomic E-state index is 13.5. The highest BCUT2D eigenvalue weighted by molar-refractivity contribution is 7.98. The molecule has 0 unspecified atom stereocenters. The zero-order valence-electron chi connectivity index (χ0n) is 15.7. The number of carbonyl (C=O) groups is 1. The molecule has 11 heteroatoms. The first kappa shape index (κ1) is 20.5. The van der Waals surface area contributed by atoms with Crippen LogP contribution in [0.1, 0.15) is 16.2 Å². The van der Waals surface area contributed by atoms with E-state index in [1.165, 1.54) is 46.8 Å². The molecular formula is C20H13F3N6OS. The molecule has 4 aromatic rings. The van der Waals surface area contributed by atoms with E-state index in [0.29, 0.717) is 16.5 Å². The molecule has 7 nitrogen and oxygen atoms in total. The predicted molar refractivity (Wildman–Crippen MR) is 107 cm³/mol. The zero-order chi connectivity index (χ0) is 21.8. The van der Waals surface area contributed by atoms with Gasteiger partial charge in [-0.05, 0) is 42.5 Å². The van der Waals surface area contributed by atoms with Gasteiger partial charge in [-0.1, -0.05) is 17.0 Å². The summed E-state index contributed by atoms with van der Waals surface area (Å²) in [5, 5.41) is 10.9. The molecule has 1 amide bonds. The number of halogens is 3. The molecule has 0 aliphatic rings. The standard InChI is InChI=1S/C20H13F3N6OS/c21-12-2-5-14(6-3-12)29-17(11-31-20-24-8-1-9-25-20)18(27-28-29)19(30)26-13-4-7-15(22)16(23)10-13/h1-10H,11H2,(H,26,30). The molecule has 4 rings (SSSR count). The summed E-state index contributed by atoms with van der Waals surface area (Å²) in [6.07, 6.45) is 3.17. The second-order valence-electron chi connectivity index (χ2n) is 6.18. The van der Waals surface area contributed by atoms with Crippen molar-refractivity contribution in [3.05, 3.63) is 89.8 Å². The third-order valence-electron chi connectivity index (χ3n) is 4.11. The average Bonchev–Trinajstić information content (AvgIpc) is 3.20. The van der Waals surface area contributed by atoms with Crippen molar-refractivity contribution in [3.63, 3.8) is 0 Å². The summed E-state index contributed by atoms with van der Waals surface area (Å²) in [6.45, 7) is 0. The fourth-order valence-electron chi connectivity index (χ4n) is 2.65. The lowest BCUT2D eigenvalue weighted by Crippen LogP contribution is -2.15. The van der Waals surface area contributed by atoms with Gasteiger partial charge in [0, 0.05) is 29.9 Å². The van der Waals surface area contributed by atoms with Crippen LogP contribution < -0.4 is 5.32 Å². The highest BCUT2D eigenvalue weighted by atomic mass is 32.2. The van der Waals surface area contributed by atoms with Crippen LogP contribution in [0.5, 0.6) is 0 Å². The third kappa shape index (κ3) is 4.72. The number of hydrogen-bond acceptors (Lipinski definition) is 6. The molecule has 2 aromatic carbocycles. The van der Waals surface area contributed by atoms with Crippen LogP contribution in [0.4, 0.5) is 18.9 Å². The number of hydrogen-bond donors (Lipinski definition) is 1. The van der Waals surface area contributed by atoms with E-state index >= 15 is 0 Å². The smallest absolute Gasteiger partial charge is 0.278 e. The molecule has 0 spiro atoms. The van der Waals surface area contributed by atoms with Crippen molar-refractivity contribution >= 4 is 23.4 Å². The van der Waals surface area contributed by atoms with Crippen LogP contribution in [0.15, 0.2) is 66.1 Å². The van der Waals surface area contributed by atoms with Gasteiger partial charge in [0.25, 0.3) is 5.91 Å². The van der Waals surface area contributed by atoms with Crippen molar-refractivity contribution in [2.24, 2.45) is 0 Å². The summed E-state index contributed by atoms with van der Waals surface area (Å²) >= 11 is 1.25. The van der Waals surface area contributed by atoms with Crippen molar-refractivity contribution in [2.45, 2.75) is 10.9 Å². The fraction of sp³-hybridized carbons (Fsp3) is 0.0500. The lowest BCUT2D eigenvalue weighted by Gasteiger charge is -2.08. The molecule has 2 aromatic heterocycles. The molecule has 0 atom stereocenters. The number of rotatable bonds is 6. The Morgan fingerprint density at radius 1 is 1.00 bits per heavy atom. The van der Waals surface area contributed by atoms with Crippen LogP contribution in [0, 0.1) is 17.5 Å². The Balaban J connectivity index is 1.66. The van der Waals surface area contributed by atoms with Gasteiger partial charge in [-0.3, -0.25) is 4.79 Å². The van der Waals surface area contributed by atoms with Gasteiger partial charge < -0.3 is 5.32 Å². The Morgan fingerprint density at radius 3 is 2.45 bits per heavy atom. The first-order valence-corrected chi connectivity index (χ1v) is 9.86. The highest BCUT2D eigenvalue weighted by Crippen LogP contribution is 2.24. The normalized spacial score (nSPS) is 10.8. The van der Waals surface area contributed by atoms with Gasteiger partial charge in [0.15, 0.2) is 22.5 Å². The molecule has 0 saturated heterocycles. The molecule has 0 bridgehead atoms. The first-order valence-electron chi connectivity index (χ1n) is 8.88. The summed E-state index contributed by atoms with van der Waals surface area (Å²) < 4.78 is 41.3. The van der Waals surface area contributed by atoms with Gasteiger partial charge in [0.1, 0.15) is 5.82 Å². The Hall–Kier alpha value is -3.73. The summed E-state index contributed by atoms with van der Waals surface area (Å²) in [7, 11) is 0. The van der Waals surface area contributed by atoms with Gasteiger partial charge in [-0.15, -0.1) is 5.10 Å². The van der Waals surface area contributed by atoms with E-state index in [1.54, 1.807) is 18.5 Å². The molecular weight excluding hydrogens is 429 g/mol. The number of thioether (sulfide) groups is 1. The predicted octanol–water partition coefficient (Wildman–Crippen LogP) is 4.02. The molecule has 0 radical (unpaired) electrons. The first-order chi connectivity index (χ1) is 15.0. The molecule has 156 valence electrons. The summed E-state index contributed by atoms with van der Waals surface area (Å²) in [6, 6.07) is 10.2. The monoisotopic (exact) mass is 442 g/mol. The lowest BCUT2D eigenvalue weighted by atomic mass is 10.2. The molecule has 0 fully saturated rings. The van der Waals surface area contributed by atoms with Gasteiger partial charge in [-0.25, -0.2) is 27.8 Å². The molecule has 0 saturated carbocycles. The van der Waals surface area contributed by atoms with Crippen molar-refractivity contribution in [1.82, 2.24) is 25.0 Å². The maximum Gasteiger partial charge on any atom is 0.278 e. The largest absolute Gasteiger partial charge is 0.320 e. The summed E-state index contributed by atoms with van der Waals surface area (Å²) in [5.74, 6) is -2.99. The number of aromatic nitrogens is 5. The van der Waals surface area contributed by atoms with Crippen LogP contribution >= 0.6 is 11.8 Å². The minimum absolute atomic E-state index is 0.0301. The Bertz CT molecular complexity index is 1220.